The van der Waals surface area contributed by atoms with Crippen molar-refractivity contribution in [3.63, 3.8) is 0 Å². The summed E-state index contributed by atoms with van der Waals surface area (Å²) in [6.45, 7) is 0. The van der Waals surface area contributed by atoms with E-state index in [1.807, 2.05) is 18.4 Å². The molecule has 0 aliphatic rings. The first-order chi connectivity index (χ1) is 11.3. The molecule has 9 heteroatoms. The van der Waals surface area contributed by atoms with Crippen LogP contribution in [0.3, 0.4) is 0 Å². The van der Waals surface area contributed by atoms with Crippen LogP contribution in [0.5, 0.6) is 0 Å². The summed E-state index contributed by atoms with van der Waals surface area (Å²) in [6, 6.07) is 9.00. The van der Waals surface area contributed by atoms with Gasteiger partial charge >= 0.3 is 0 Å². The summed E-state index contributed by atoms with van der Waals surface area (Å²) >= 11 is 7.72. The highest BCUT2D eigenvalue weighted by Crippen LogP contribution is 2.35. The minimum absolute atomic E-state index is 0.509. The Morgan fingerprint density at radius 1 is 1.29 bits per heavy atom. The van der Waals surface area contributed by atoms with Crippen LogP contribution in [0.15, 0.2) is 41.7 Å². The molecule has 0 atom stereocenters. The Morgan fingerprint density at radius 3 is 2.67 bits per heavy atom. The van der Waals surface area contributed by atoms with Crippen LogP contribution >= 0.6 is 23.4 Å². The maximum absolute atomic E-state index is 11.9. The molecular weight excluding hydrogens is 368 g/mol. The molecule has 3 rings (SSSR count). The summed E-state index contributed by atoms with van der Waals surface area (Å²) in [7, 11) is -1.87. The maximum Gasteiger partial charge on any atom is 0.232 e. The number of para-hydroxylation sites is 1. The van der Waals surface area contributed by atoms with Crippen molar-refractivity contribution in [1.29, 1.82) is 0 Å². The first-order valence-electron chi connectivity index (χ1n) is 6.94. The molecule has 0 saturated carbocycles. The second-order valence-corrected chi connectivity index (χ2v) is 8.36. The third-order valence-electron chi connectivity index (χ3n) is 3.65. The van der Waals surface area contributed by atoms with Gasteiger partial charge in [-0.05, 0) is 18.4 Å². The summed E-state index contributed by atoms with van der Waals surface area (Å²) in [6.07, 6.45) is 4.71. The van der Waals surface area contributed by atoms with E-state index >= 15 is 0 Å². The molecule has 0 bridgehead atoms. The predicted octanol–water partition coefficient (Wildman–Crippen LogP) is 3.17. The second kappa shape index (κ2) is 6.27. The molecule has 2 aromatic heterocycles. The zero-order chi connectivity index (χ0) is 17.5. The Kier molecular flexibility index (Phi) is 4.46. The molecule has 0 fully saturated rings. The van der Waals surface area contributed by atoms with E-state index in [0.29, 0.717) is 27.1 Å². The molecule has 0 unspecified atom stereocenters. The van der Waals surface area contributed by atoms with E-state index in [4.69, 9.17) is 11.6 Å². The topological polar surface area (TPSA) is 67.6 Å². The molecule has 3 aromatic rings. The van der Waals surface area contributed by atoms with Crippen molar-refractivity contribution in [2.24, 2.45) is 0 Å². The third-order valence-corrected chi connectivity index (χ3v) is 5.69. The van der Waals surface area contributed by atoms with Crippen LogP contribution in [0.2, 0.25) is 5.02 Å². The number of benzene rings is 1. The highest BCUT2D eigenvalue weighted by molar-refractivity contribution is 7.98. The predicted molar refractivity (Wildman–Crippen MR) is 98.5 cm³/mol. The standard InChI is InChI=1S/C15H15ClN4O2S2/c1-19(24(3,21)22)12-7-5-4-6-10(12)13-8-11(16)14-9-17-15(23-2)18-20(13)14/h4-9H,1-3H3. The zero-order valence-corrected chi connectivity index (χ0v) is 15.7. The summed E-state index contributed by atoms with van der Waals surface area (Å²) in [4.78, 5) is 4.23. The van der Waals surface area contributed by atoms with E-state index < -0.39 is 10.0 Å². The molecule has 0 saturated heterocycles. The molecule has 1 aromatic carbocycles. The summed E-state index contributed by atoms with van der Waals surface area (Å²) in [5, 5.41) is 5.58. The Hall–Kier alpha value is -1.77. The van der Waals surface area contributed by atoms with Crippen molar-refractivity contribution in [2.75, 3.05) is 23.9 Å². The van der Waals surface area contributed by atoms with E-state index in [-0.39, 0.29) is 0 Å². The van der Waals surface area contributed by atoms with Gasteiger partial charge in [-0.1, -0.05) is 41.6 Å². The lowest BCUT2D eigenvalue weighted by Gasteiger charge is -2.20. The van der Waals surface area contributed by atoms with Gasteiger partial charge < -0.3 is 0 Å². The van der Waals surface area contributed by atoms with Gasteiger partial charge in [-0.25, -0.2) is 17.9 Å². The van der Waals surface area contributed by atoms with E-state index in [0.717, 1.165) is 5.56 Å². The van der Waals surface area contributed by atoms with Crippen molar-refractivity contribution in [3.8, 4) is 11.3 Å². The maximum atomic E-state index is 11.9. The molecule has 0 aliphatic heterocycles. The monoisotopic (exact) mass is 382 g/mol. The van der Waals surface area contributed by atoms with Crippen LogP contribution in [0.1, 0.15) is 0 Å². The molecule has 126 valence electrons. The molecule has 0 spiro atoms. The van der Waals surface area contributed by atoms with Crippen molar-refractivity contribution in [3.05, 3.63) is 41.6 Å². The second-order valence-electron chi connectivity index (χ2n) is 5.17. The van der Waals surface area contributed by atoms with Crippen molar-refractivity contribution in [2.45, 2.75) is 5.16 Å². The fourth-order valence-corrected chi connectivity index (χ4v) is 3.44. The number of hydrogen-bond acceptors (Lipinski definition) is 5. The number of aromatic nitrogens is 3. The first-order valence-corrected chi connectivity index (χ1v) is 10.4. The molecule has 2 heterocycles. The van der Waals surface area contributed by atoms with Crippen LogP contribution in [0.4, 0.5) is 5.69 Å². The van der Waals surface area contributed by atoms with Gasteiger partial charge in [0, 0.05) is 12.6 Å². The molecule has 24 heavy (non-hydrogen) atoms. The largest absolute Gasteiger partial charge is 0.273 e. The van der Waals surface area contributed by atoms with E-state index in [1.54, 1.807) is 28.9 Å². The summed E-state index contributed by atoms with van der Waals surface area (Å²) in [5.41, 5.74) is 2.65. The van der Waals surface area contributed by atoms with E-state index in [2.05, 4.69) is 10.1 Å². The van der Waals surface area contributed by atoms with Crippen molar-refractivity contribution in [1.82, 2.24) is 14.6 Å². The van der Waals surface area contributed by atoms with Crippen LogP contribution in [-0.4, -0.2) is 42.6 Å². The van der Waals surface area contributed by atoms with Gasteiger partial charge in [-0.3, -0.25) is 4.31 Å². The van der Waals surface area contributed by atoms with Crippen LogP contribution in [0.25, 0.3) is 16.8 Å². The minimum atomic E-state index is -3.39. The molecule has 0 aliphatic carbocycles. The molecule has 0 radical (unpaired) electrons. The van der Waals surface area contributed by atoms with Gasteiger partial charge in [-0.2, -0.15) is 0 Å². The lowest BCUT2D eigenvalue weighted by atomic mass is 10.1. The highest BCUT2D eigenvalue weighted by Gasteiger charge is 2.20. The van der Waals surface area contributed by atoms with Gasteiger partial charge in [0.25, 0.3) is 0 Å². The van der Waals surface area contributed by atoms with Crippen molar-refractivity contribution >= 4 is 44.6 Å². The number of rotatable bonds is 4. The Bertz CT molecular complexity index is 1020. The smallest absolute Gasteiger partial charge is 0.232 e. The average Bonchev–Trinajstić information content (AvgIpc) is 2.89. The number of fused-ring (bicyclic) bond motifs is 1. The van der Waals surface area contributed by atoms with Gasteiger partial charge in [0.1, 0.15) is 5.52 Å². The highest BCUT2D eigenvalue weighted by atomic mass is 35.5. The van der Waals surface area contributed by atoms with Gasteiger partial charge in [0.05, 0.1) is 28.9 Å². The number of nitrogens with zero attached hydrogens (tertiary/aromatic N) is 4. The van der Waals surface area contributed by atoms with Crippen LogP contribution in [-0.2, 0) is 10.0 Å². The van der Waals surface area contributed by atoms with E-state index in [9.17, 15) is 8.42 Å². The third kappa shape index (κ3) is 2.97. The van der Waals surface area contributed by atoms with E-state index in [1.165, 1.54) is 29.4 Å². The Labute approximate surface area is 149 Å². The Balaban J connectivity index is 2.29. The zero-order valence-electron chi connectivity index (χ0n) is 13.3. The molecule has 0 N–H and O–H groups in total. The number of anilines is 1. The number of thioether (sulfide) groups is 1. The molecule has 6 nitrogen and oxygen atoms in total. The SMILES string of the molecule is CSc1ncc2c(Cl)cc(-c3ccccc3N(C)S(C)(=O)=O)n2n1. The fraction of sp³-hybridized carbons (Fsp3) is 0.200. The van der Waals surface area contributed by atoms with Gasteiger partial charge in [0.2, 0.25) is 15.2 Å². The minimum Gasteiger partial charge on any atom is -0.273 e. The lowest BCUT2D eigenvalue weighted by Crippen LogP contribution is -2.25. The fourth-order valence-electron chi connectivity index (χ4n) is 2.37. The first kappa shape index (κ1) is 17.1. The quantitative estimate of drug-likeness (QED) is 0.648. The number of hydrogen-bond donors (Lipinski definition) is 0. The van der Waals surface area contributed by atoms with Crippen LogP contribution < -0.4 is 4.31 Å². The molecular formula is C15H15ClN4O2S2. The normalized spacial score (nSPS) is 11.8. The van der Waals surface area contributed by atoms with Crippen LogP contribution in [0, 0.1) is 0 Å². The average molecular weight is 383 g/mol. The summed E-state index contributed by atoms with van der Waals surface area (Å²) < 4.78 is 26.8. The van der Waals surface area contributed by atoms with Gasteiger partial charge in [-0.15, -0.1) is 5.10 Å². The number of sulfonamides is 1. The summed E-state index contributed by atoms with van der Waals surface area (Å²) in [5.74, 6) is 0. The van der Waals surface area contributed by atoms with Gasteiger partial charge in [0.15, 0.2) is 0 Å². The molecule has 0 amide bonds. The Morgan fingerprint density at radius 2 is 2.00 bits per heavy atom. The van der Waals surface area contributed by atoms with Crippen molar-refractivity contribution < 1.29 is 8.42 Å². The lowest BCUT2D eigenvalue weighted by molar-refractivity contribution is 0.600. The number of halogens is 1.